The van der Waals surface area contributed by atoms with Crippen LogP contribution in [-0.2, 0) is 30.7 Å². The van der Waals surface area contributed by atoms with Crippen LogP contribution in [0.1, 0.15) is 35.7 Å². The number of likely N-dealkylation sites (tertiary alicyclic amines) is 1. The van der Waals surface area contributed by atoms with Crippen LogP contribution >= 0.6 is 0 Å². The van der Waals surface area contributed by atoms with E-state index in [4.69, 9.17) is 14.2 Å². The third-order valence-corrected chi connectivity index (χ3v) is 8.04. The van der Waals surface area contributed by atoms with Gasteiger partial charge in [0, 0.05) is 37.7 Å². The van der Waals surface area contributed by atoms with Gasteiger partial charge >= 0.3 is 0 Å². The molecule has 3 saturated heterocycles. The standard InChI is InChI=1S/C21H30N2O6S/c1-2-16-5-6-17(14-19(16)30(25,26)23-8-10-27-11-9-23)20(24)22-7-3-4-18(15-22)21-28-12-13-29-21/h5-6,14,18,21H,2-4,7-13,15H2,1H3. The first-order chi connectivity index (χ1) is 14.5. The number of hydrogen-bond donors (Lipinski definition) is 0. The summed E-state index contributed by atoms with van der Waals surface area (Å²) in [5.74, 6) is 0.00967. The summed E-state index contributed by atoms with van der Waals surface area (Å²) in [7, 11) is -3.67. The van der Waals surface area contributed by atoms with Crippen molar-refractivity contribution in [2.45, 2.75) is 37.4 Å². The zero-order chi connectivity index (χ0) is 21.1. The lowest BCUT2D eigenvalue weighted by atomic mass is 9.96. The molecule has 3 aliphatic heterocycles. The van der Waals surface area contributed by atoms with Gasteiger partial charge in [0.05, 0.1) is 31.3 Å². The summed E-state index contributed by atoms with van der Waals surface area (Å²) in [5.41, 5.74) is 1.13. The Morgan fingerprint density at radius 1 is 1.10 bits per heavy atom. The Bertz CT molecular complexity index is 862. The van der Waals surface area contributed by atoms with Crippen molar-refractivity contribution in [2.75, 3.05) is 52.6 Å². The average Bonchev–Trinajstić information content (AvgIpc) is 3.34. The molecule has 3 aliphatic rings. The van der Waals surface area contributed by atoms with E-state index < -0.39 is 10.0 Å². The highest BCUT2D eigenvalue weighted by Crippen LogP contribution is 2.28. The molecule has 0 spiro atoms. The summed E-state index contributed by atoms with van der Waals surface area (Å²) in [4.78, 5) is 15.3. The van der Waals surface area contributed by atoms with Crippen molar-refractivity contribution in [3.63, 3.8) is 0 Å². The van der Waals surface area contributed by atoms with Crippen LogP contribution in [0.5, 0.6) is 0 Å². The highest BCUT2D eigenvalue weighted by atomic mass is 32.2. The molecule has 1 unspecified atom stereocenters. The maximum atomic E-state index is 13.3. The first-order valence-electron chi connectivity index (χ1n) is 10.7. The number of carbonyl (C=O) groups is 1. The first kappa shape index (κ1) is 21.7. The normalized spacial score (nSPS) is 24.3. The van der Waals surface area contributed by atoms with E-state index in [0.29, 0.717) is 64.6 Å². The number of carbonyl (C=O) groups excluding carboxylic acids is 1. The molecule has 0 bridgehead atoms. The van der Waals surface area contributed by atoms with Crippen LogP contribution in [0.25, 0.3) is 0 Å². The molecule has 3 heterocycles. The Morgan fingerprint density at radius 3 is 2.53 bits per heavy atom. The Labute approximate surface area is 178 Å². The molecule has 1 atom stereocenters. The van der Waals surface area contributed by atoms with Crippen LogP contribution in [0, 0.1) is 5.92 Å². The monoisotopic (exact) mass is 438 g/mol. The zero-order valence-corrected chi connectivity index (χ0v) is 18.2. The smallest absolute Gasteiger partial charge is 0.253 e. The van der Waals surface area contributed by atoms with Gasteiger partial charge in [0.2, 0.25) is 10.0 Å². The number of aryl methyl sites for hydroxylation is 1. The number of piperidine rings is 1. The van der Waals surface area contributed by atoms with E-state index in [9.17, 15) is 13.2 Å². The molecule has 166 valence electrons. The van der Waals surface area contributed by atoms with Gasteiger partial charge in [0.1, 0.15) is 0 Å². The van der Waals surface area contributed by atoms with Crippen molar-refractivity contribution in [2.24, 2.45) is 5.92 Å². The van der Waals surface area contributed by atoms with Crippen molar-refractivity contribution in [1.29, 1.82) is 0 Å². The second kappa shape index (κ2) is 9.32. The van der Waals surface area contributed by atoms with Crippen LogP contribution in [-0.4, -0.2) is 82.4 Å². The number of benzene rings is 1. The van der Waals surface area contributed by atoms with Crippen LogP contribution < -0.4 is 0 Å². The van der Waals surface area contributed by atoms with Crippen LogP contribution in [0.15, 0.2) is 23.1 Å². The van der Waals surface area contributed by atoms with Gasteiger partial charge in [-0.1, -0.05) is 13.0 Å². The molecule has 8 nitrogen and oxygen atoms in total. The molecule has 4 rings (SSSR count). The summed E-state index contributed by atoms with van der Waals surface area (Å²) < 4.78 is 44.5. The quantitative estimate of drug-likeness (QED) is 0.693. The summed E-state index contributed by atoms with van der Waals surface area (Å²) in [5, 5.41) is 0. The maximum Gasteiger partial charge on any atom is 0.253 e. The largest absolute Gasteiger partial charge is 0.379 e. The maximum absolute atomic E-state index is 13.3. The third-order valence-electron chi connectivity index (χ3n) is 6.06. The Hall–Kier alpha value is -1.52. The molecule has 9 heteroatoms. The fraction of sp³-hybridized carbons (Fsp3) is 0.667. The molecule has 30 heavy (non-hydrogen) atoms. The van der Waals surface area contributed by atoms with Crippen molar-refractivity contribution in [3.8, 4) is 0 Å². The van der Waals surface area contributed by atoms with E-state index in [1.54, 1.807) is 23.1 Å². The summed E-state index contributed by atoms with van der Waals surface area (Å²) in [6, 6.07) is 5.06. The van der Waals surface area contributed by atoms with Gasteiger partial charge in [0.15, 0.2) is 6.29 Å². The zero-order valence-electron chi connectivity index (χ0n) is 17.4. The van der Waals surface area contributed by atoms with Crippen molar-refractivity contribution in [3.05, 3.63) is 29.3 Å². The summed E-state index contributed by atoms with van der Waals surface area (Å²) >= 11 is 0. The van der Waals surface area contributed by atoms with E-state index in [0.717, 1.165) is 18.4 Å². The van der Waals surface area contributed by atoms with Gasteiger partial charge in [-0.2, -0.15) is 4.31 Å². The molecule has 0 saturated carbocycles. The molecular formula is C21H30N2O6S. The molecule has 0 N–H and O–H groups in total. The SMILES string of the molecule is CCc1ccc(C(=O)N2CCCC(C3OCCO3)C2)cc1S(=O)(=O)N1CCOCC1. The Kier molecular flexibility index (Phi) is 6.74. The molecule has 3 fully saturated rings. The minimum atomic E-state index is -3.67. The Morgan fingerprint density at radius 2 is 1.83 bits per heavy atom. The number of morpholine rings is 1. The fourth-order valence-corrected chi connectivity index (χ4v) is 6.12. The van der Waals surface area contributed by atoms with Crippen LogP contribution in [0.2, 0.25) is 0 Å². The number of ether oxygens (including phenoxy) is 3. The van der Waals surface area contributed by atoms with Gasteiger partial charge < -0.3 is 19.1 Å². The highest BCUT2D eigenvalue weighted by molar-refractivity contribution is 7.89. The van der Waals surface area contributed by atoms with Gasteiger partial charge in [-0.3, -0.25) is 4.79 Å². The topological polar surface area (TPSA) is 85.4 Å². The minimum absolute atomic E-state index is 0.140. The molecule has 0 aliphatic carbocycles. The number of nitrogens with zero attached hydrogens (tertiary/aromatic N) is 2. The fourth-order valence-electron chi connectivity index (χ4n) is 4.39. The highest BCUT2D eigenvalue weighted by Gasteiger charge is 2.34. The Balaban J connectivity index is 1.56. The van der Waals surface area contributed by atoms with E-state index in [2.05, 4.69) is 0 Å². The molecule has 0 aromatic heterocycles. The average molecular weight is 439 g/mol. The number of hydrogen-bond acceptors (Lipinski definition) is 6. The lowest BCUT2D eigenvalue weighted by molar-refractivity contribution is -0.0969. The van der Waals surface area contributed by atoms with Gasteiger partial charge in [0.25, 0.3) is 5.91 Å². The molecular weight excluding hydrogens is 408 g/mol. The van der Waals surface area contributed by atoms with Crippen LogP contribution in [0.4, 0.5) is 0 Å². The minimum Gasteiger partial charge on any atom is -0.379 e. The molecule has 1 amide bonds. The molecule has 1 aromatic rings. The van der Waals surface area contributed by atoms with Crippen LogP contribution in [0.3, 0.4) is 0 Å². The number of amides is 1. The lowest BCUT2D eigenvalue weighted by Gasteiger charge is -2.35. The van der Waals surface area contributed by atoms with E-state index in [-0.39, 0.29) is 23.0 Å². The van der Waals surface area contributed by atoms with Crippen molar-refractivity contribution in [1.82, 2.24) is 9.21 Å². The summed E-state index contributed by atoms with van der Waals surface area (Å²) in [6.45, 7) is 5.77. The number of sulfonamides is 1. The third kappa shape index (κ3) is 4.40. The van der Waals surface area contributed by atoms with Gasteiger partial charge in [-0.15, -0.1) is 0 Å². The predicted molar refractivity (Wildman–Crippen MR) is 110 cm³/mol. The van der Waals surface area contributed by atoms with E-state index in [1.165, 1.54) is 4.31 Å². The number of rotatable bonds is 5. The van der Waals surface area contributed by atoms with Crippen molar-refractivity contribution < 1.29 is 27.4 Å². The van der Waals surface area contributed by atoms with E-state index >= 15 is 0 Å². The van der Waals surface area contributed by atoms with Crippen molar-refractivity contribution >= 4 is 15.9 Å². The second-order valence-electron chi connectivity index (χ2n) is 7.96. The second-order valence-corrected chi connectivity index (χ2v) is 9.86. The van der Waals surface area contributed by atoms with Gasteiger partial charge in [-0.25, -0.2) is 8.42 Å². The molecule has 1 aromatic carbocycles. The predicted octanol–water partition coefficient (Wildman–Crippen LogP) is 1.49. The van der Waals surface area contributed by atoms with E-state index in [1.807, 2.05) is 6.92 Å². The molecule has 0 radical (unpaired) electrons. The lowest BCUT2D eigenvalue weighted by Crippen LogP contribution is -2.44. The first-order valence-corrected chi connectivity index (χ1v) is 12.2. The summed E-state index contributed by atoms with van der Waals surface area (Å²) in [6.07, 6.45) is 2.17. The van der Waals surface area contributed by atoms with Gasteiger partial charge in [-0.05, 0) is 37.0 Å².